The van der Waals surface area contributed by atoms with Gasteiger partial charge in [-0.2, -0.15) is 0 Å². The van der Waals surface area contributed by atoms with E-state index in [1.54, 1.807) is 6.20 Å². The molecule has 0 atom stereocenters. The number of aromatic nitrogens is 2. The number of amides is 1. The maximum Gasteiger partial charge on any atom is 0.411 e. The summed E-state index contributed by atoms with van der Waals surface area (Å²) in [5.41, 5.74) is 8.08. The van der Waals surface area contributed by atoms with Crippen LogP contribution in [0.2, 0.25) is 25.7 Å². The lowest BCUT2D eigenvalue weighted by Crippen LogP contribution is -2.29. The van der Waals surface area contributed by atoms with E-state index in [1.807, 2.05) is 61.9 Å². The molecule has 0 bridgehead atoms. The van der Waals surface area contributed by atoms with Gasteiger partial charge in [-0.25, -0.2) is 9.78 Å². The Morgan fingerprint density at radius 2 is 1.97 bits per heavy atom. The molecule has 0 spiro atoms. The Morgan fingerprint density at radius 3 is 2.62 bits per heavy atom. The van der Waals surface area contributed by atoms with E-state index in [-0.39, 0.29) is 0 Å². The third kappa shape index (κ3) is 9.28. The number of ether oxygens (including phenoxy) is 2. The first-order chi connectivity index (χ1) is 14.9. The van der Waals surface area contributed by atoms with Crippen molar-refractivity contribution in [1.29, 1.82) is 0 Å². The molecule has 0 aliphatic heterocycles. The van der Waals surface area contributed by atoms with Crippen LogP contribution in [-0.2, 0) is 22.6 Å². The Hall–Kier alpha value is -2.58. The summed E-state index contributed by atoms with van der Waals surface area (Å²) in [4.78, 5) is 16.5. The molecular formula is C24H38N4O3Si. The fraction of sp³-hybridized carbons (Fsp3) is 0.500. The van der Waals surface area contributed by atoms with Crippen molar-refractivity contribution in [1.82, 2.24) is 14.9 Å². The van der Waals surface area contributed by atoms with E-state index in [2.05, 4.69) is 25.0 Å². The first kappa shape index (κ1) is 25.7. The third-order valence-corrected chi connectivity index (χ3v) is 6.28. The quantitative estimate of drug-likeness (QED) is 0.282. The minimum atomic E-state index is -1.14. The number of nitrogens with zero attached hydrogens (tertiary/aromatic N) is 2. The summed E-state index contributed by atoms with van der Waals surface area (Å²) >= 11 is 0. The van der Waals surface area contributed by atoms with Gasteiger partial charge in [0.15, 0.2) is 0 Å². The van der Waals surface area contributed by atoms with Gasteiger partial charge in [0.25, 0.3) is 0 Å². The number of benzene rings is 1. The van der Waals surface area contributed by atoms with Crippen LogP contribution in [0.1, 0.15) is 33.0 Å². The number of nitrogen functional groups attached to an aromatic ring is 1. The zero-order chi connectivity index (χ0) is 23.8. The van der Waals surface area contributed by atoms with Gasteiger partial charge in [-0.15, -0.1) is 0 Å². The highest BCUT2D eigenvalue weighted by Gasteiger charge is 2.15. The molecule has 8 heteroatoms. The zero-order valence-corrected chi connectivity index (χ0v) is 21.3. The maximum atomic E-state index is 11.7. The highest BCUT2D eigenvalue weighted by Crippen LogP contribution is 2.25. The molecule has 32 heavy (non-hydrogen) atoms. The average Bonchev–Trinajstić information content (AvgIpc) is 3.06. The minimum absolute atomic E-state index is 0.458. The van der Waals surface area contributed by atoms with Crippen molar-refractivity contribution in [3.05, 3.63) is 48.6 Å². The molecule has 0 saturated heterocycles. The molecule has 2 rings (SSSR count). The molecule has 2 aromatic rings. The van der Waals surface area contributed by atoms with Crippen molar-refractivity contribution >= 4 is 19.9 Å². The number of imidazole rings is 1. The molecule has 1 aromatic heterocycles. The number of aryl methyl sites for hydroxylation is 1. The van der Waals surface area contributed by atoms with E-state index < -0.39 is 19.8 Å². The lowest BCUT2D eigenvalue weighted by atomic mass is 10.1. The maximum absolute atomic E-state index is 11.7. The highest BCUT2D eigenvalue weighted by molar-refractivity contribution is 6.76. The zero-order valence-electron chi connectivity index (χ0n) is 20.3. The van der Waals surface area contributed by atoms with Crippen molar-refractivity contribution in [2.45, 2.75) is 71.6 Å². The minimum Gasteiger partial charge on any atom is -0.444 e. The van der Waals surface area contributed by atoms with Crippen molar-refractivity contribution in [2.75, 3.05) is 12.3 Å². The monoisotopic (exact) mass is 458 g/mol. The summed E-state index contributed by atoms with van der Waals surface area (Å²) in [6, 6.07) is 8.85. The van der Waals surface area contributed by atoms with Crippen molar-refractivity contribution in [3.63, 3.8) is 0 Å². The molecule has 1 amide bonds. The Morgan fingerprint density at radius 1 is 1.25 bits per heavy atom. The van der Waals surface area contributed by atoms with Gasteiger partial charge < -0.3 is 19.8 Å². The number of hydrogen-bond acceptors (Lipinski definition) is 5. The van der Waals surface area contributed by atoms with Gasteiger partial charge in [0, 0.05) is 44.7 Å². The largest absolute Gasteiger partial charge is 0.444 e. The van der Waals surface area contributed by atoms with Gasteiger partial charge in [-0.3, -0.25) is 5.32 Å². The third-order valence-electron chi connectivity index (χ3n) is 4.58. The second kappa shape index (κ2) is 11.3. The van der Waals surface area contributed by atoms with Crippen LogP contribution in [0.15, 0.2) is 42.7 Å². The SMILES string of the molecule is CC(C)(C)OC(=O)NC=CCCc1nc(-c2ccccc2N)cn1COCC[Si](C)(C)C. The van der Waals surface area contributed by atoms with E-state index in [9.17, 15) is 4.79 Å². The molecular weight excluding hydrogens is 420 g/mol. The predicted molar refractivity (Wildman–Crippen MR) is 133 cm³/mol. The van der Waals surface area contributed by atoms with E-state index in [1.165, 1.54) is 0 Å². The Balaban J connectivity index is 2.02. The number of carbonyl (C=O) groups excluding carboxylic acids is 1. The number of alkyl carbamates (subject to hydrolysis) is 1. The van der Waals surface area contributed by atoms with Crippen LogP contribution in [0.25, 0.3) is 11.3 Å². The van der Waals surface area contributed by atoms with Crippen LogP contribution in [0.4, 0.5) is 10.5 Å². The van der Waals surface area contributed by atoms with Crippen molar-refractivity contribution < 1.29 is 14.3 Å². The summed E-state index contributed by atoms with van der Waals surface area (Å²) in [7, 11) is -1.14. The number of nitrogens with two attached hydrogens (primary N) is 1. The number of carbonyl (C=O) groups is 1. The number of rotatable bonds is 10. The molecule has 3 N–H and O–H groups in total. The Labute approximate surface area is 193 Å². The number of allylic oxidation sites excluding steroid dienone is 1. The van der Waals surface area contributed by atoms with Crippen LogP contribution in [0, 0.1) is 0 Å². The molecule has 1 aromatic carbocycles. The fourth-order valence-electron chi connectivity index (χ4n) is 2.90. The van der Waals surface area contributed by atoms with Crippen LogP contribution < -0.4 is 11.1 Å². The molecule has 0 saturated carbocycles. The predicted octanol–water partition coefficient (Wildman–Crippen LogP) is 5.42. The summed E-state index contributed by atoms with van der Waals surface area (Å²) < 4.78 is 13.2. The smallest absolute Gasteiger partial charge is 0.411 e. The summed E-state index contributed by atoms with van der Waals surface area (Å²) in [6.07, 6.45) is 6.46. The van der Waals surface area contributed by atoms with Gasteiger partial charge in [-0.1, -0.05) is 43.9 Å². The summed E-state index contributed by atoms with van der Waals surface area (Å²) in [6.45, 7) is 13.7. The molecule has 7 nitrogen and oxygen atoms in total. The number of para-hydroxylation sites is 1. The van der Waals surface area contributed by atoms with E-state index in [0.717, 1.165) is 29.7 Å². The number of anilines is 1. The van der Waals surface area contributed by atoms with Crippen LogP contribution in [0.5, 0.6) is 0 Å². The second-order valence-corrected chi connectivity index (χ2v) is 15.7. The van der Waals surface area contributed by atoms with Gasteiger partial charge in [0.05, 0.1) is 5.69 Å². The van der Waals surface area contributed by atoms with Crippen molar-refractivity contribution in [2.24, 2.45) is 0 Å². The lowest BCUT2D eigenvalue weighted by Gasteiger charge is -2.18. The van der Waals surface area contributed by atoms with Gasteiger partial charge >= 0.3 is 6.09 Å². The van der Waals surface area contributed by atoms with Gasteiger partial charge in [-0.05, 0) is 39.3 Å². The lowest BCUT2D eigenvalue weighted by molar-refractivity contribution is 0.0552. The molecule has 1 heterocycles. The standard InChI is InChI=1S/C24H38N4O3Si/c1-24(2,3)31-23(29)26-14-10-9-13-22-27-21(19-11-7-8-12-20(19)25)17-28(22)18-30-15-16-32(4,5)6/h7-8,10-12,14,17H,9,13,15-16,18,25H2,1-6H3,(H,26,29). The summed E-state index contributed by atoms with van der Waals surface area (Å²) in [5, 5.41) is 2.63. The van der Waals surface area contributed by atoms with Gasteiger partial charge in [0.1, 0.15) is 18.2 Å². The second-order valence-electron chi connectivity index (χ2n) is 10.0. The molecule has 0 radical (unpaired) electrons. The molecule has 176 valence electrons. The fourth-order valence-corrected chi connectivity index (χ4v) is 3.65. The van der Waals surface area contributed by atoms with Crippen molar-refractivity contribution in [3.8, 4) is 11.3 Å². The van der Waals surface area contributed by atoms with E-state index in [4.69, 9.17) is 20.2 Å². The first-order valence-corrected chi connectivity index (χ1v) is 14.8. The highest BCUT2D eigenvalue weighted by atomic mass is 28.3. The Bertz CT molecular complexity index is 911. The molecule has 0 aliphatic rings. The molecule has 0 fully saturated rings. The van der Waals surface area contributed by atoms with Crippen LogP contribution >= 0.6 is 0 Å². The first-order valence-electron chi connectivity index (χ1n) is 11.1. The van der Waals surface area contributed by atoms with Gasteiger partial charge in [0.2, 0.25) is 0 Å². The van der Waals surface area contributed by atoms with E-state index in [0.29, 0.717) is 25.3 Å². The molecule has 0 aliphatic carbocycles. The van der Waals surface area contributed by atoms with Crippen LogP contribution in [0.3, 0.4) is 0 Å². The Kier molecular flexibility index (Phi) is 9.09. The van der Waals surface area contributed by atoms with E-state index >= 15 is 0 Å². The number of nitrogens with one attached hydrogen (secondary N) is 1. The summed E-state index contributed by atoms with van der Waals surface area (Å²) in [5.74, 6) is 0.915. The topological polar surface area (TPSA) is 91.4 Å². The molecule has 0 unspecified atom stereocenters. The number of hydrogen-bond donors (Lipinski definition) is 2. The van der Waals surface area contributed by atoms with Crippen LogP contribution in [-0.4, -0.2) is 35.9 Å². The average molecular weight is 459 g/mol. The normalized spacial score (nSPS) is 12.3.